The van der Waals surface area contributed by atoms with E-state index in [0.717, 1.165) is 0 Å². The lowest BCUT2D eigenvalue weighted by atomic mass is 10.1. The summed E-state index contributed by atoms with van der Waals surface area (Å²) in [6.07, 6.45) is 2.65. The Bertz CT molecular complexity index is 770. The Labute approximate surface area is 115 Å². The monoisotopic (exact) mass is 295 g/mol. The van der Waals surface area contributed by atoms with Gasteiger partial charge in [0, 0.05) is 30.0 Å². The van der Waals surface area contributed by atoms with Gasteiger partial charge in [-0.25, -0.2) is 0 Å². The number of rotatable bonds is 2. The molecule has 0 bridgehead atoms. The maximum Gasteiger partial charge on any atom is 0.271 e. The second-order valence-electron chi connectivity index (χ2n) is 3.65. The molecule has 0 amide bonds. The van der Waals surface area contributed by atoms with Crippen LogP contribution in [0.5, 0.6) is 0 Å². The van der Waals surface area contributed by atoms with Crippen LogP contribution in [-0.4, -0.2) is 20.4 Å². The fourth-order valence-corrected chi connectivity index (χ4v) is 2.58. The molecule has 0 unspecified atom stereocenters. The van der Waals surface area contributed by atoms with E-state index in [1.54, 1.807) is 0 Å². The number of nitrogens with zero attached hydrogens (tertiary/aromatic N) is 3. The Hall–Kier alpha value is -2.04. The van der Waals surface area contributed by atoms with Crippen molar-refractivity contribution >= 4 is 39.0 Å². The first-order chi connectivity index (χ1) is 8.95. The zero-order valence-corrected chi connectivity index (χ0v) is 11.2. The van der Waals surface area contributed by atoms with E-state index in [9.17, 15) is 14.3 Å². The van der Waals surface area contributed by atoms with Crippen molar-refractivity contribution in [3.05, 3.63) is 39.0 Å². The Morgan fingerprint density at radius 3 is 2.74 bits per heavy atom. The Kier molecular flexibility index (Phi) is 3.46. The molecule has 2 aromatic rings. The van der Waals surface area contributed by atoms with E-state index in [-0.39, 0.29) is 26.6 Å². The summed E-state index contributed by atoms with van der Waals surface area (Å²) in [6, 6.07) is 4.27. The van der Waals surface area contributed by atoms with Gasteiger partial charge in [0.2, 0.25) is 0 Å². The molecule has 0 saturated heterocycles. The fraction of sp³-hybridized carbons (Fsp3) is 0.0909. The molecule has 0 fully saturated rings. The highest BCUT2D eigenvalue weighted by atomic mass is 35.5. The van der Waals surface area contributed by atoms with Crippen LogP contribution < -0.4 is 0 Å². The van der Waals surface area contributed by atoms with Crippen molar-refractivity contribution in [3.63, 3.8) is 0 Å². The minimum absolute atomic E-state index is 0.0721. The van der Waals surface area contributed by atoms with E-state index in [2.05, 4.69) is 4.98 Å². The smallest absolute Gasteiger partial charge is 0.258 e. The average Bonchev–Trinajstić information content (AvgIpc) is 2.38. The van der Waals surface area contributed by atoms with Crippen molar-refractivity contribution in [3.8, 4) is 6.07 Å². The van der Waals surface area contributed by atoms with Crippen molar-refractivity contribution in [2.24, 2.45) is 0 Å². The standard InChI is InChI=1S/C11H6ClN3O3S/c1-19(18)9-3-7(15(16)17)2-8-10(12)6(4-13)5-14-11(8)9/h2-3,5H,1H3/t19-/m1/s1. The Morgan fingerprint density at radius 2 is 2.21 bits per heavy atom. The molecule has 0 radical (unpaired) electrons. The predicted molar refractivity (Wildman–Crippen MR) is 70.5 cm³/mol. The second-order valence-corrected chi connectivity index (χ2v) is 5.38. The van der Waals surface area contributed by atoms with Crippen molar-refractivity contribution in [2.45, 2.75) is 4.90 Å². The lowest BCUT2D eigenvalue weighted by Crippen LogP contribution is -1.97. The van der Waals surface area contributed by atoms with Gasteiger partial charge in [0.1, 0.15) is 6.07 Å². The molecule has 19 heavy (non-hydrogen) atoms. The predicted octanol–water partition coefficient (Wildman–Crippen LogP) is 2.41. The first-order valence-corrected chi connectivity index (χ1v) is 6.89. The number of nitro groups is 1. The molecule has 0 saturated carbocycles. The second kappa shape index (κ2) is 4.91. The quantitative estimate of drug-likeness (QED) is 0.626. The molecule has 1 atom stereocenters. The number of aromatic nitrogens is 1. The van der Waals surface area contributed by atoms with Crippen molar-refractivity contribution in [2.75, 3.05) is 6.26 Å². The number of halogens is 1. The minimum Gasteiger partial charge on any atom is -0.258 e. The number of fused-ring (bicyclic) bond motifs is 1. The lowest BCUT2D eigenvalue weighted by molar-refractivity contribution is -0.384. The van der Waals surface area contributed by atoms with Gasteiger partial charge in [-0.2, -0.15) is 5.26 Å². The van der Waals surface area contributed by atoms with Gasteiger partial charge < -0.3 is 0 Å². The molecule has 0 aliphatic heterocycles. The van der Waals surface area contributed by atoms with Crippen LogP contribution in [-0.2, 0) is 10.8 Å². The molecule has 8 heteroatoms. The van der Waals surface area contributed by atoms with E-state index in [1.165, 1.54) is 24.6 Å². The summed E-state index contributed by atoms with van der Waals surface area (Å²) >= 11 is 6.01. The normalized spacial score (nSPS) is 12.1. The molecule has 1 aromatic carbocycles. The summed E-state index contributed by atoms with van der Waals surface area (Å²) in [6.45, 7) is 0. The maximum absolute atomic E-state index is 11.6. The molecule has 96 valence electrons. The van der Waals surface area contributed by atoms with Crippen LogP contribution in [0.3, 0.4) is 0 Å². The van der Waals surface area contributed by atoms with Gasteiger partial charge in [-0.1, -0.05) is 11.6 Å². The van der Waals surface area contributed by atoms with E-state index in [4.69, 9.17) is 16.9 Å². The number of pyridine rings is 1. The van der Waals surface area contributed by atoms with E-state index < -0.39 is 15.7 Å². The third kappa shape index (κ3) is 2.28. The van der Waals surface area contributed by atoms with Crippen molar-refractivity contribution in [1.29, 1.82) is 5.26 Å². The summed E-state index contributed by atoms with van der Waals surface area (Å²) < 4.78 is 11.6. The zero-order valence-electron chi connectivity index (χ0n) is 9.58. The topological polar surface area (TPSA) is 96.9 Å². The van der Waals surface area contributed by atoms with Gasteiger partial charge in [-0.05, 0) is 0 Å². The van der Waals surface area contributed by atoms with Crippen LogP contribution >= 0.6 is 11.6 Å². The number of non-ortho nitro benzene ring substituents is 1. The van der Waals surface area contributed by atoms with Gasteiger partial charge in [0.25, 0.3) is 5.69 Å². The molecule has 1 heterocycles. The summed E-state index contributed by atoms with van der Waals surface area (Å²) in [7, 11) is -1.46. The van der Waals surface area contributed by atoms with Gasteiger partial charge in [-0.15, -0.1) is 0 Å². The molecular formula is C11H6ClN3O3S. The zero-order chi connectivity index (χ0) is 14.2. The summed E-state index contributed by atoms with van der Waals surface area (Å²) in [5, 5.41) is 20.1. The summed E-state index contributed by atoms with van der Waals surface area (Å²) in [4.78, 5) is 14.5. The Balaban J connectivity index is 2.96. The van der Waals surface area contributed by atoms with Crippen LogP contribution in [0.2, 0.25) is 5.02 Å². The maximum atomic E-state index is 11.6. The van der Waals surface area contributed by atoms with Gasteiger partial charge in [-0.3, -0.25) is 19.3 Å². The highest BCUT2D eigenvalue weighted by molar-refractivity contribution is 7.84. The SMILES string of the molecule is C[S@@](=O)c1cc([N+](=O)[O-])cc2c(Cl)c(C#N)cnc12. The largest absolute Gasteiger partial charge is 0.271 e. The number of hydrogen-bond acceptors (Lipinski definition) is 5. The van der Waals surface area contributed by atoms with Crippen LogP contribution in [0.25, 0.3) is 10.9 Å². The third-order valence-corrected chi connectivity index (χ3v) is 3.83. The van der Waals surface area contributed by atoms with Crippen LogP contribution in [0.4, 0.5) is 5.69 Å². The lowest BCUT2D eigenvalue weighted by Gasteiger charge is -2.06. The van der Waals surface area contributed by atoms with E-state index in [1.807, 2.05) is 6.07 Å². The average molecular weight is 296 g/mol. The molecule has 0 spiro atoms. The minimum atomic E-state index is -1.46. The molecule has 0 N–H and O–H groups in total. The van der Waals surface area contributed by atoms with Crippen LogP contribution in [0, 0.1) is 21.4 Å². The number of hydrogen-bond donors (Lipinski definition) is 0. The van der Waals surface area contributed by atoms with Crippen molar-refractivity contribution in [1.82, 2.24) is 4.98 Å². The van der Waals surface area contributed by atoms with Crippen LogP contribution in [0.1, 0.15) is 5.56 Å². The highest BCUT2D eigenvalue weighted by Gasteiger charge is 2.18. The molecule has 0 aliphatic rings. The number of nitro benzene ring substituents is 1. The summed E-state index contributed by atoms with van der Waals surface area (Å²) in [5.41, 5.74) is 0.175. The van der Waals surface area contributed by atoms with Gasteiger partial charge >= 0.3 is 0 Å². The fourth-order valence-electron chi connectivity index (χ4n) is 1.63. The molecule has 6 nitrogen and oxygen atoms in total. The molecular weight excluding hydrogens is 290 g/mol. The molecule has 0 aliphatic carbocycles. The number of benzene rings is 1. The van der Waals surface area contributed by atoms with E-state index >= 15 is 0 Å². The molecule has 2 rings (SSSR count). The first kappa shape index (κ1) is 13.4. The van der Waals surface area contributed by atoms with Crippen LogP contribution in [0.15, 0.2) is 23.2 Å². The molecule has 1 aromatic heterocycles. The Morgan fingerprint density at radius 1 is 1.53 bits per heavy atom. The highest BCUT2D eigenvalue weighted by Crippen LogP contribution is 2.32. The van der Waals surface area contributed by atoms with Gasteiger partial charge in [0.15, 0.2) is 0 Å². The third-order valence-electron chi connectivity index (χ3n) is 2.50. The number of nitriles is 1. The van der Waals surface area contributed by atoms with E-state index in [0.29, 0.717) is 5.52 Å². The first-order valence-electron chi connectivity index (χ1n) is 4.96. The summed E-state index contributed by atoms with van der Waals surface area (Å²) in [5.74, 6) is 0. The van der Waals surface area contributed by atoms with Gasteiger partial charge in [0.05, 0.1) is 36.7 Å². The van der Waals surface area contributed by atoms with Crippen molar-refractivity contribution < 1.29 is 9.13 Å².